The van der Waals surface area contributed by atoms with Gasteiger partial charge in [0.1, 0.15) is 17.1 Å². The second-order valence-electron chi connectivity index (χ2n) is 4.58. The summed E-state index contributed by atoms with van der Waals surface area (Å²) in [6.07, 6.45) is 2.50. The zero-order valence-corrected chi connectivity index (χ0v) is 11.6. The van der Waals surface area contributed by atoms with Gasteiger partial charge in [-0.3, -0.25) is 4.79 Å². The first-order valence-electron chi connectivity index (χ1n) is 6.28. The monoisotopic (exact) mass is 262 g/mol. The fourth-order valence-corrected chi connectivity index (χ4v) is 2.01. The molecule has 19 heavy (non-hydrogen) atoms. The lowest BCUT2D eigenvalue weighted by Gasteiger charge is -2.14. The lowest BCUT2D eigenvalue weighted by Crippen LogP contribution is -2.29. The summed E-state index contributed by atoms with van der Waals surface area (Å²) >= 11 is 0. The number of carbonyl (C=O) groups is 1. The first-order chi connectivity index (χ1) is 9.02. The average molecular weight is 262 g/mol. The molecule has 0 bridgehead atoms. The van der Waals surface area contributed by atoms with E-state index in [4.69, 9.17) is 4.52 Å². The molecule has 0 aliphatic heterocycles. The molecule has 1 amide bonds. The van der Waals surface area contributed by atoms with Crippen molar-refractivity contribution in [1.82, 2.24) is 20.4 Å². The van der Waals surface area contributed by atoms with E-state index in [9.17, 15) is 4.79 Å². The number of hydrogen-bond acceptors (Lipinski definition) is 4. The number of rotatable bonds is 4. The van der Waals surface area contributed by atoms with Crippen LogP contribution in [-0.4, -0.2) is 21.0 Å². The van der Waals surface area contributed by atoms with Gasteiger partial charge in [0.05, 0.1) is 11.7 Å². The van der Waals surface area contributed by atoms with Crippen molar-refractivity contribution < 1.29 is 9.32 Å². The fourth-order valence-electron chi connectivity index (χ4n) is 2.01. The summed E-state index contributed by atoms with van der Waals surface area (Å²) in [6.45, 7) is 7.41. The molecule has 0 aliphatic carbocycles. The molecule has 0 saturated carbocycles. The number of aryl methyl sites for hydroxylation is 3. The molecule has 2 N–H and O–H groups in total. The van der Waals surface area contributed by atoms with Crippen molar-refractivity contribution in [1.29, 1.82) is 0 Å². The van der Waals surface area contributed by atoms with Gasteiger partial charge in [0.25, 0.3) is 5.91 Å². The van der Waals surface area contributed by atoms with E-state index in [1.807, 2.05) is 13.8 Å². The summed E-state index contributed by atoms with van der Waals surface area (Å²) in [4.78, 5) is 19.6. The Morgan fingerprint density at radius 3 is 2.68 bits per heavy atom. The minimum absolute atomic E-state index is 0.144. The van der Waals surface area contributed by atoms with Crippen LogP contribution in [0.4, 0.5) is 0 Å². The van der Waals surface area contributed by atoms with E-state index in [-0.39, 0.29) is 11.9 Å². The minimum atomic E-state index is -0.183. The lowest BCUT2D eigenvalue weighted by atomic mass is 10.1. The van der Waals surface area contributed by atoms with Gasteiger partial charge in [0, 0.05) is 11.9 Å². The van der Waals surface area contributed by atoms with Gasteiger partial charge >= 0.3 is 0 Å². The summed E-state index contributed by atoms with van der Waals surface area (Å²) in [7, 11) is 0. The van der Waals surface area contributed by atoms with Crippen molar-refractivity contribution in [3.63, 3.8) is 0 Å². The predicted octanol–water partition coefficient (Wildman–Crippen LogP) is 2.20. The number of imidazole rings is 1. The van der Waals surface area contributed by atoms with Crippen LogP contribution in [0.25, 0.3) is 0 Å². The van der Waals surface area contributed by atoms with Crippen molar-refractivity contribution in [3.8, 4) is 0 Å². The van der Waals surface area contributed by atoms with Crippen molar-refractivity contribution >= 4 is 5.91 Å². The van der Waals surface area contributed by atoms with Gasteiger partial charge in [-0.1, -0.05) is 12.1 Å². The predicted molar refractivity (Wildman–Crippen MR) is 69.8 cm³/mol. The maximum Gasteiger partial charge on any atom is 0.257 e. The zero-order valence-electron chi connectivity index (χ0n) is 11.6. The van der Waals surface area contributed by atoms with Crippen LogP contribution in [0.15, 0.2) is 10.7 Å². The number of nitrogens with zero attached hydrogens (tertiary/aromatic N) is 2. The molecule has 0 radical (unpaired) electrons. The molecule has 2 heterocycles. The summed E-state index contributed by atoms with van der Waals surface area (Å²) in [5.41, 5.74) is 2.07. The van der Waals surface area contributed by atoms with Crippen LogP contribution in [0.5, 0.6) is 0 Å². The molecule has 0 aliphatic rings. The first kappa shape index (κ1) is 13.3. The number of hydrogen-bond donors (Lipinski definition) is 2. The minimum Gasteiger partial charge on any atom is -0.361 e. The normalized spacial score (nSPS) is 12.4. The highest BCUT2D eigenvalue weighted by molar-refractivity contribution is 5.96. The number of carbonyl (C=O) groups excluding carboxylic acids is 1. The maximum absolute atomic E-state index is 12.2. The van der Waals surface area contributed by atoms with Gasteiger partial charge in [0.15, 0.2) is 0 Å². The molecule has 2 aromatic heterocycles. The molecule has 0 spiro atoms. The zero-order chi connectivity index (χ0) is 14.0. The molecule has 2 rings (SSSR count). The number of amides is 1. The molecule has 0 aromatic carbocycles. The summed E-state index contributed by atoms with van der Waals surface area (Å²) in [5.74, 6) is 1.11. The second-order valence-corrected chi connectivity index (χ2v) is 4.58. The van der Waals surface area contributed by atoms with E-state index in [0.29, 0.717) is 17.0 Å². The number of aromatic amines is 1. The molecule has 1 atom stereocenters. The van der Waals surface area contributed by atoms with Crippen molar-refractivity contribution in [3.05, 3.63) is 34.7 Å². The van der Waals surface area contributed by atoms with Gasteiger partial charge in [-0.25, -0.2) is 4.98 Å². The van der Waals surface area contributed by atoms with E-state index < -0.39 is 0 Å². The van der Waals surface area contributed by atoms with Crippen molar-refractivity contribution in [2.24, 2.45) is 0 Å². The molecule has 0 fully saturated rings. The van der Waals surface area contributed by atoms with Crippen LogP contribution in [-0.2, 0) is 0 Å². The van der Waals surface area contributed by atoms with Gasteiger partial charge in [-0.15, -0.1) is 0 Å². The quantitative estimate of drug-likeness (QED) is 0.884. The third kappa shape index (κ3) is 2.67. The van der Waals surface area contributed by atoms with Crippen LogP contribution in [0, 0.1) is 20.8 Å². The third-order valence-corrected chi connectivity index (χ3v) is 3.03. The molecule has 0 saturated heterocycles. The SMILES string of the molecule is CC[C@H](NC(=O)c1c(C)noc1C)c1ncc(C)[nH]1. The van der Waals surface area contributed by atoms with E-state index in [2.05, 4.69) is 20.4 Å². The maximum atomic E-state index is 12.2. The Morgan fingerprint density at radius 2 is 2.21 bits per heavy atom. The van der Waals surface area contributed by atoms with Crippen LogP contribution >= 0.6 is 0 Å². The Balaban J connectivity index is 2.17. The van der Waals surface area contributed by atoms with E-state index in [1.165, 1.54) is 0 Å². The largest absolute Gasteiger partial charge is 0.361 e. The number of nitrogens with one attached hydrogen (secondary N) is 2. The Hall–Kier alpha value is -2.11. The second kappa shape index (κ2) is 5.26. The van der Waals surface area contributed by atoms with Crippen LogP contribution in [0.3, 0.4) is 0 Å². The highest BCUT2D eigenvalue weighted by Crippen LogP contribution is 2.17. The Bertz CT molecular complexity index is 566. The lowest BCUT2D eigenvalue weighted by molar-refractivity contribution is 0.0932. The smallest absolute Gasteiger partial charge is 0.257 e. The van der Waals surface area contributed by atoms with Gasteiger partial charge < -0.3 is 14.8 Å². The van der Waals surface area contributed by atoms with Gasteiger partial charge in [-0.05, 0) is 27.2 Å². The first-order valence-corrected chi connectivity index (χ1v) is 6.28. The third-order valence-electron chi connectivity index (χ3n) is 3.03. The van der Waals surface area contributed by atoms with Gasteiger partial charge in [-0.2, -0.15) is 0 Å². The number of H-pyrrole nitrogens is 1. The van der Waals surface area contributed by atoms with Gasteiger partial charge in [0.2, 0.25) is 0 Å². The highest BCUT2D eigenvalue weighted by atomic mass is 16.5. The van der Waals surface area contributed by atoms with Crippen molar-refractivity contribution in [2.45, 2.75) is 40.2 Å². The molecule has 2 aromatic rings. The Kier molecular flexibility index (Phi) is 3.69. The molecular weight excluding hydrogens is 244 g/mol. The highest BCUT2D eigenvalue weighted by Gasteiger charge is 2.21. The molecule has 102 valence electrons. The molecular formula is C13H18N4O2. The Labute approximate surface area is 111 Å². The standard InChI is InChI=1S/C13H18N4O2/c1-5-10(12-14-6-7(2)15-12)16-13(18)11-8(3)17-19-9(11)4/h6,10H,5H2,1-4H3,(H,14,15)(H,16,18)/t10-/m0/s1. The molecule has 6 heteroatoms. The topological polar surface area (TPSA) is 83.8 Å². The molecule has 6 nitrogen and oxygen atoms in total. The van der Waals surface area contributed by atoms with E-state index in [1.54, 1.807) is 20.0 Å². The molecule has 0 unspecified atom stereocenters. The average Bonchev–Trinajstić information content (AvgIpc) is 2.93. The van der Waals surface area contributed by atoms with Crippen LogP contribution in [0.1, 0.15) is 52.7 Å². The van der Waals surface area contributed by atoms with E-state index >= 15 is 0 Å². The van der Waals surface area contributed by atoms with Crippen LogP contribution in [0.2, 0.25) is 0 Å². The fraction of sp³-hybridized carbons (Fsp3) is 0.462. The van der Waals surface area contributed by atoms with Crippen LogP contribution < -0.4 is 5.32 Å². The summed E-state index contributed by atoms with van der Waals surface area (Å²) in [6, 6.07) is -0.144. The summed E-state index contributed by atoms with van der Waals surface area (Å²) in [5, 5.41) is 6.74. The Morgan fingerprint density at radius 1 is 1.47 bits per heavy atom. The van der Waals surface area contributed by atoms with E-state index in [0.717, 1.165) is 17.9 Å². The summed E-state index contributed by atoms with van der Waals surface area (Å²) < 4.78 is 5.01. The van der Waals surface area contributed by atoms with Crippen molar-refractivity contribution in [2.75, 3.05) is 0 Å². The number of aromatic nitrogens is 3.